The van der Waals surface area contributed by atoms with Gasteiger partial charge in [0.1, 0.15) is 5.82 Å². The highest BCUT2D eigenvalue weighted by Gasteiger charge is 2.26. The van der Waals surface area contributed by atoms with E-state index in [0.717, 1.165) is 28.1 Å². The first-order valence-electron chi connectivity index (χ1n) is 9.53. The molecule has 0 radical (unpaired) electrons. The molecule has 0 unspecified atom stereocenters. The smallest absolute Gasteiger partial charge is 0.256 e. The molecule has 2 aromatic heterocycles. The lowest BCUT2D eigenvalue weighted by atomic mass is 9.92. The molecule has 1 N–H and O–H groups in total. The van der Waals surface area contributed by atoms with Gasteiger partial charge in [0, 0.05) is 17.0 Å². The number of amides is 1. The fourth-order valence-electron chi connectivity index (χ4n) is 2.91. The summed E-state index contributed by atoms with van der Waals surface area (Å²) in [5, 5.41) is 7.78. The lowest BCUT2D eigenvalue weighted by Crippen LogP contribution is -2.27. The molecule has 28 heavy (non-hydrogen) atoms. The van der Waals surface area contributed by atoms with Crippen LogP contribution in [-0.2, 0) is 11.0 Å². The van der Waals surface area contributed by atoms with Crippen molar-refractivity contribution < 1.29 is 4.79 Å². The Morgan fingerprint density at radius 2 is 1.54 bits per heavy atom. The largest absolute Gasteiger partial charge is 0.307 e. The van der Waals surface area contributed by atoms with Gasteiger partial charge in [-0.05, 0) is 52.8 Å². The van der Waals surface area contributed by atoms with Crippen LogP contribution in [0.4, 0.5) is 5.82 Å². The van der Waals surface area contributed by atoms with Gasteiger partial charge in [-0.15, -0.1) is 0 Å². The maximum absolute atomic E-state index is 12.9. The van der Waals surface area contributed by atoms with Gasteiger partial charge in [-0.1, -0.05) is 20.8 Å². The maximum atomic E-state index is 12.9. The first-order valence-corrected chi connectivity index (χ1v) is 9.53. The highest BCUT2D eigenvalue weighted by molar-refractivity contribution is 6.05. The fourth-order valence-corrected chi connectivity index (χ4v) is 2.91. The summed E-state index contributed by atoms with van der Waals surface area (Å²) >= 11 is 0. The average Bonchev–Trinajstić information content (AvgIpc) is 3.00. The van der Waals surface area contributed by atoms with Crippen molar-refractivity contribution in [2.45, 2.75) is 66.3 Å². The van der Waals surface area contributed by atoms with Crippen molar-refractivity contribution in [1.82, 2.24) is 19.7 Å². The summed E-state index contributed by atoms with van der Waals surface area (Å²) < 4.78 is 1.87. The van der Waals surface area contributed by atoms with Crippen LogP contribution in [0.1, 0.15) is 69.0 Å². The molecule has 0 saturated heterocycles. The van der Waals surface area contributed by atoms with Gasteiger partial charge >= 0.3 is 0 Å². The van der Waals surface area contributed by atoms with Crippen LogP contribution in [0.2, 0.25) is 0 Å². The van der Waals surface area contributed by atoms with Crippen molar-refractivity contribution in [3.05, 3.63) is 46.9 Å². The molecule has 2 heterocycles. The van der Waals surface area contributed by atoms with Crippen molar-refractivity contribution >= 4 is 22.8 Å². The van der Waals surface area contributed by atoms with E-state index >= 15 is 0 Å². The zero-order valence-electron chi connectivity index (χ0n) is 18.0. The molecule has 0 saturated carbocycles. The summed E-state index contributed by atoms with van der Waals surface area (Å²) in [7, 11) is 0. The molecule has 0 bridgehead atoms. The lowest BCUT2D eigenvalue weighted by Gasteiger charge is -2.23. The van der Waals surface area contributed by atoms with E-state index in [0.29, 0.717) is 11.4 Å². The third-order valence-corrected chi connectivity index (χ3v) is 4.69. The van der Waals surface area contributed by atoms with Crippen LogP contribution in [0.5, 0.6) is 0 Å². The van der Waals surface area contributed by atoms with Gasteiger partial charge in [-0.2, -0.15) is 5.10 Å². The number of anilines is 1. The minimum atomic E-state index is -0.254. The number of aromatic nitrogens is 4. The number of hydrogen-bond donors (Lipinski definition) is 1. The summed E-state index contributed by atoms with van der Waals surface area (Å²) in [6, 6.07) is 7.36. The van der Waals surface area contributed by atoms with Crippen LogP contribution in [0.3, 0.4) is 0 Å². The summed E-state index contributed by atoms with van der Waals surface area (Å²) in [6.07, 6.45) is 0. The Morgan fingerprint density at radius 3 is 2.11 bits per heavy atom. The first kappa shape index (κ1) is 20.0. The van der Waals surface area contributed by atoms with E-state index in [9.17, 15) is 4.79 Å². The molecular formula is C22H29N5O. The Hall–Kier alpha value is -2.76. The van der Waals surface area contributed by atoms with Gasteiger partial charge in [0.25, 0.3) is 5.91 Å². The van der Waals surface area contributed by atoms with E-state index in [2.05, 4.69) is 56.8 Å². The van der Waals surface area contributed by atoms with Crippen LogP contribution in [0, 0.1) is 13.8 Å². The topological polar surface area (TPSA) is 72.7 Å². The molecule has 3 aromatic rings. The lowest BCUT2D eigenvalue weighted by molar-refractivity contribution is 0.102. The van der Waals surface area contributed by atoms with E-state index < -0.39 is 0 Å². The number of benzene rings is 1. The molecule has 1 amide bonds. The molecule has 0 atom stereocenters. The molecule has 6 heteroatoms. The van der Waals surface area contributed by atoms with Crippen molar-refractivity contribution in [2.24, 2.45) is 0 Å². The Labute approximate surface area is 166 Å². The molecule has 3 rings (SSSR count). The van der Waals surface area contributed by atoms with Crippen molar-refractivity contribution in [3.63, 3.8) is 0 Å². The Morgan fingerprint density at radius 1 is 0.929 bits per heavy atom. The Bertz CT molecular complexity index is 1050. The summed E-state index contributed by atoms with van der Waals surface area (Å²) in [6.45, 7) is 16.4. The van der Waals surface area contributed by atoms with Crippen LogP contribution in [0.25, 0.3) is 11.0 Å². The van der Waals surface area contributed by atoms with Gasteiger partial charge in [0.2, 0.25) is 0 Å². The van der Waals surface area contributed by atoms with E-state index in [4.69, 9.17) is 5.10 Å². The number of fused-ring (bicyclic) bond motifs is 1. The number of aryl methyl sites for hydroxylation is 2. The van der Waals surface area contributed by atoms with Crippen molar-refractivity contribution in [2.75, 3.05) is 5.32 Å². The fraction of sp³-hybridized carbons (Fsp3) is 0.455. The number of nitrogens with zero attached hydrogens (tertiary/aromatic N) is 4. The SMILES string of the molecule is Cc1nc2ccc(C(=O)Nc3cc(C(C)(C)C)nn3C(C)(C)C)cc2nc1C. The van der Waals surface area contributed by atoms with Crippen LogP contribution >= 0.6 is 0 Å². The minimum Gasteiger partial charge on any atom is -0.307 e. The second-order valence-electron chi connectivity index (χ2n) is 9.30. The Kier molecular flexibility index (Phi) is 4.77. The van der Waals surface area contributed by atoms with E-state index in [1.807, 2.05) is 30.7 Å². The number of carbonyl (C=O) groups excluding carboxylic acids is 1. The second-order valence-corrected chi connectivity index (χ2v) is 9.30. The predicted octanol–water partition coefficient (Wildman–Crippen LogP) is 4.75. The standard InChI is InChI=1S/C22H29N5O/c1-13-14(2)24-17-11-15(9-10-16(17)23-13)20(28)25-19-12-18(21(3,4)5)26-27(19)22(6,7)8/h9-12H,1-8H3,(H,25,28). The Balaban J connectivity index is 1.98. The minimum absolute atomic E-state index is 0.107. The van der Waals surface area contributed by atoms with Crippen molar-refractivity contribution in [3.8, 4) is 0 Å². The van der Waals surface area contributed by atoms with Crippen LogP contribution < -0.4 is 5.32 Å². The highest BCUT2D eigenvalue weighted by atomic mass is 16.1. The van der Waals surface area contributed by atoms with Gasteiger partial charge in [0.15, 0.2) is 0 Å². The molecule has 148 valence electrons. The molecule has 0 aliphatic rings. The predicted molar refractivity (Wildman–Crippen MR) is 113 cm³/mol. The first-order chi connectivity index (χ1) is 12.9. The molecule has 0 fully saturated rings. The third kappa shape index (κ3) is 3.91. The van der Waals surface area contributed by atoms with Gasteiger partial charge in [-0.3, -0.25) is 4.79 Å². The highest BCUT2D eigenvalue weighted by Crippen LogP contribution is 2.28. The molecule has 0 aliphatic heterocycles. The maximum Gasteiger partial charge on any atom is 0.256 e. The van der Waals surface area contributed by atoms with Crippen molar-refractivity contribution in [1.29, 1.82) is 0 Å². The zero-order chi connectivity index (χ0) is 20.9. The quantitative estimate of drug-likeness (QED) is 0.697. The number of nitrogens with one attached hydrogen (secondary N) is 1. The number of hydrogen-bond acceptors (Lipinski definition) is 4. The number of rotatable bonds is 2. The zero-order valence-corrected chi connectivity index (χ0v) is 18.0. The summed E-state index contributed by atoms with van der Waals surface area (Å²) in [5.74, 6) is 0.501. The number of carbonyl (C=O) groups is 1. The molecule has 1 aromatic carbocycles. The van der Waals surface area contributed by atoms with Crippen LogP contribution in [-0.4, -0.2) is 25.7 Å². The molecular weight excluding hydrogens is 350 g/mol. The summed E-state index contributed by atoms with van der Waals surface area (Å²) in [4.78, 5) is 22.0. The average molecular weight is 380 g/mol. The summed E-state index contributed by atoms with van der Waals surface area (Å²) in [5.41, 5.74) is 4.39. The molecule has 0 aliphatic carbocycles. The van der Waals surface area contributed by atoms with Crippen LogP contribution in [0.15, 0.2) is 24.3 Å². The van der Waals surface area contributed by atoms with E-state index in [1.54, 1.807) is 12.1 Å². The van der Waals surface area contributed by atoms with E-state index in [1.165, 1.54) is 0 Å². The third-order valence-electron chi connectivity index (χ3n) is 4.69. The van der Waals surface area contributed by atoms with Gasteiger partial charge in [-0.25, -0.2) is 14.6 Å². The van der Waals surface area contributed by atoms with Gasteiger partial charge < -0.3 is 5.32 Å². The monoisotopic (exact) mass is 379 g/mol. The van der Waals surface area contributed by atoms with E-state index in [-0.39, 0.29) is 16.9 Å². The molecule has 0 spiro atoms. The molecule has 6 nitrogen and oxygen atoms in total. The van der Waals surface area contributed by atoms with Gasteiger partial charge in [0.05, 0.1) is 33.7 Å². The normalized spacial score (nSPS) is 12.4. The second kappa shape index (κ2) is 6.69.